The van der Waals surface area contributed by atoms with E-state index in [1.807, 2.05) is 25.1 Å². The first-order valence-electron chi connectivity index (χ1n) is 5.71. The topological polar surface area (TPSA) is 55.1 Å². The summed E-state index contributed by atoms with van der Waals surface area (Å²) in [7, 11) is 0. The van der Waals surface area contributed by atoms with Crippen LogP contribution in [0, 0.1) is 18.8 Å². The van der Waals surface area contributed by atoms with Gasteiger partial charge in [-0.05, 0) is 36.5 Å². The second kappa shape index (κ2) is 4.16. The third-order valence-corrected chi connectivity index (χ3v) is 3.39. The molecule has 0 spiro atoms. The lowest BCUT2D eigenvalue weighted by Crippen LogP contribution is -2.25. The van der Waals surface area contributed by atoms with Gasteiger partial charge >= 0.3 is 0 Å². The first-order chi connectivity index (χ1) is 7.59. The van der Waals surface area contributed by atoms with Crippen molar-refractivity contribution in [2.75, 3.05) is 5.73 Å². The number of nitrogen functional groups attached to an aromatic ring is 1. The first-order valence-corrected chi connectivity index (χ1v) is 5.71. The van der Waals surface area contributed by atoms with Crippen molar-refractivity contribution < 1.29 is 4.79 Å². The van der Waals surface area contributed by atoms with Gasteiger partial charge in [0.05, 0.1) is 0 Å². The van der Waals surface area contributed by atoms with Crippen molar-refractivity contribution in [3.63, 3.8) is 0 Å². The highest BCUT2D eigenvalue weighted by Crippen LogP contribution is 2.37. The van der Waals surface area contributed by atoms with Gasteiger partial charge in [-0.15, -0.1) is 0 Å². The molecule has 2 rings (SSSR count). The number of hydrogen-bond acceptors (Lipinski definition) is 2. The van der Waals surface area contributed by atoms with E-state index in [9.17, 15) is 4.79 Å². The van der Waals surface area contributed by atoms with Crippen molar-refractivity contribution in [2.45, 2.75) is 26.8 Å². The molecule has 0 aromatic heterocycles. The zero-order chi connectivity index (χ0) is 11.7. The summed E-state index contributed by atoms with van der Waals surface area (Å²) in [6, 6.07) is 5.80. The predicted octanol–water partition coefficient (Wildman–Crippen LogP) is 1.85. The third kappa shape index (κ3) is 2.18. The molecule has 3 heteroatoms. The van der Waals surface area contributed by atoms with Gasteiger partial charge in [-0.1, -0.05) is 19.1 Å². The standard InChI is InChI=1S/C13H18N2O/c1-8-6-11(8)13(16)15-7-10-4-3-5-12(14)9(10)2/h3-5,8,11H,6-7,14H2,1-2H3,(H,15,16). The molecule has 86 valence electrons. The fraction of sp³-hybridized carbons (Fsp3) is 0.462. The molecule has 3 N–H and O–H groups in total. The normalized spacial score (nSPS) is 22.9. The molecule has 3 nitrogen and oxygen atoms in total. The number of hydrogen-bond donors (Lipinski definition) is 2. The second-order valence-corrected chi connectivity index (χ2v) is 4.67. The minimum absolute atomic E-state index is 0.175. The van der Waals surface area contributed by atoms with Crippen molar-refractivity contribution >= 4 is 11.6 Å². The van der Waals surface area contributed by atoms with Crippen molar-refractivity contribution in [1.29, 1.82) is 0 Å². The number of carbonyl (C=O) groups excluding carboxylic acids is 1. The first kappa shape index (κ1) is 11.0. The van der Waals surface area contributed by atoms with Crippen LogP contribution in [0.4, 0.5) is 5.69 Å². The Morgan fingerprint density at radius 1 is 1.56 bits per heavy atom. The van der Waals surface area contributed by atoms with Gasteiger partial charge in [-0.3, -0.25) is 4.79 Å². The van der Waals surface area contributed by atoms with Gasteiger partial charge in [0.1, 0.15) is 0 Å². The average molecular weight is 218 g/mol. The third-order valence-electron chi connectivity index (χ3n) is 3.39. The molecule has 2 atom stereocenters. The number of anilines is 1. The van der Waals surface area contributed by atoms with Crippen LogP contribution in [0.5, 0.6) is 0 Å². The summed E-state index contributed by atoms with van der Waals surface area (Å²) in [6.45, 7) is 4.67. The van der Waals surface area contributed by atoms with Crippen molar-refractivity contribution in [1.82, 2.24) is 5.32 Å². The van der Waals surface area contributed by atoms with Crippen LogP contribution in [-0.2, 0) is 11.3 Å². The quantitative estimate of drug-likeness (QED) is 0.761. The average Bonchev–Trinajstić information content (AvgIpc) is 2.97. The number of nitrogens with two attached hydrogens (primary N) is 1. The largest absolute Gasteiger partial charge is 0.399 e. The zero-order valence-corrected chi connectivity index (χ0v) is 9.79. The Balaban J connectivity index is 1.94. The molecule has 0 saturated heterocycles. The van der Waals surface area contributed by atoms with Gasteiger partial charge < -0.3 is 11.1 Å². The van der Waals surface area contributed by atoms with Crippen LogP contribution in [0.3, 0.4) is 0 Å². The molecule has 0 aliphatic heterocycles. The maximum absolute atomic E-state index is 11.6. The molecule has 0 bridgehead atoms. The fourth-order valence-electron chi connectivity index (χ4n) is 1.90. The van der Waals surface area contributed by atoms with Crippen LogP contribution < -0.4 is 11.1 Å². The van der Waals surface area contributed by atoms with E-state index in [1.165, 1.54) is 0 Å². The highest BCUT2D eigenvalue weighted by molar-refractivity contribution is 5.81. The molecule has 1 amide bonds. The summed E-state index contributed by atoms with van der Waals surface area (Å²) in [6.07, 6.45) is 1.03. The second-order valence-electron chi connectivity index (χ2n) is 4.67. The Labute approximate surface area is 96.0 Å². The van der Waals surface area contributed by atoms with Gasteiger partial charge in [0.2, 0.25) is 5.91 Å². The molecule has 0 heterocycles. The number of amides is 1. The van der Waals surface area contributed by atoms with Crippen molar-refractivity contribution in [2.24, 2.45) is 11.8 Å². The Morgan fingerprint density at radius 2 is 2.25 bits per heavy atom. The molecule has 1 fully saturated rings. The Morgan fingerprint density at radius 3 is 2.88 bits per heavy atom. The molecule has 1 aromatic rings. The SMILES string of the molecule is Cc1c(N)cccc1CNC(=O)C1CC1C. The van der Waals surface area contributed by atoms with E-state index in [0.29, 0.717) is 12.5 Å². The van der Waals surface area contributed by atoms with Crippen LogP contribution in [0.15, 0.2) is 18.2 Å². The van der Waals surface area contributed by atoms with Gasteiger partial charge in [-0.2, -0.15) is 0 Å². The van der Waals surface area contributed by atoms with Gasteiger partial charge in [0.15, 0.2) is 0 Å². The van der Waals surface area contributed by atoms with Gasteiger partial charge in [0.25, 0.3) is 0 Å². The fourth-order valence-corrected chi connectivity index (χ4v) is 1.90. The van der Waals surface area contributed by atoms with E-state index in [0.717, 1.165) is 23.2 Å². The zero-order valence-electron chi connectivity index (χ0n) is 9.79. The van der Waals surface area contributed by atoms with Crippen LogP contribution in [0.25, 0.3) is 0 Å². The van der Waals surface area contributed by atoms with Gasteiger partial charge in [-0.25, -0.2) is 0 Å². The van der Waals surface area contributed by atoms with Crippen LogP contribution >= 0.6 is 0 Å². The molecule has 16 heavy (non-hydrogen) atoms. The molecule has 1 aromatic carbocycles. The lowest BCUT2D eigenvalue weighted by Gasteiger charge is -2.09. The summed E-state index contributed by atoms with van der Waals surface area (Å²) >= 11 is 0. The number of rotatable bonds is 3. The number of nitrogens with one attached hydrogen (secondary N) is 1. The van der Waals surface area contributed by atoms with E-state index in [-0.39, 0.29) is 11.8 Å². The maximum Gasteiger partial charge on any atom is 0.223 e. The summed E-state index contributed by atoms with van der Waals surface area (Å²) < 4.78 is 0. The van der Waals surface area contributed by atoms with Crippen LogP contribution in [-0.4, -0.2) is 5.91 Å². The molecular weight excluding hydrogens is 200 g/mol. The lowest BCUT2D eigenvalue weighted by atomic mass is 10.1. The van der Waals surface area contributed by atoms with Crippen molar-refractivity contribution in [3.8, 4) is 0 Å². The van der Waals surface area contributed by atoms with E-state index in [2.05, 4.69) is 12.2 Å². The Hall–Kier alpha value is -1.51. The molecule has 0 radical (unpaired) electrons. The maximum atomic E-state index is 11.6. The Bertz CT molecular complexity index is 414. The molecule has 1 saturated carbocycles. The molecule has 1 aliphatic rings. The smallest absolute Gasteiger partial charge is 0.223 e. The van der Waals surface area contributed by atoms with Crippen molar-refractivity contribution in [3.05, 3.63) is 29.3 Å². The van der Waals surface area contributed by atoms with Gasteiger partial charge in [0, 0.05) is 18.2 Å². The predicted molar refractivity (Wildman–Crippen MR) is 64.7 cm³/mol. The molecule has 2 unspecified atom stereocenters. The van der Waals surface area contributed by atoms with E-state index < -0.39 is 0 Å². The lowest BCUT2D eigenvalue weighted by molar-refractivity contribution is -0.122. The minimum atomic E-state index is 0.175. The Kier molecular flexibility index (Phi) is 2.86. The molecule has 1 aliphatic carbocycles. The molecular formula is C13H18N2O. The summed E-state index contributed by atoms with van der Waals surface area (Å²) in [4.78, 5) is 11.6. The van der Waals surface area contributed by atoms with E-state index in [1.54, 1.807) is 0 Å². The number of carbonyl (C=O) groups is 1. The van der Waals surface area contributed by atoms with E-state index in [4.69, 9.17) is 5.73 Å². The highest BCUT2D eigenvalue weighted by Gasteiger charge is 2.38. The van der Waals surface area contributed by atoms with E-state index >= 15 is 0 Å². The minimum Gasteiger partial charge on any atom is -0.399 e. The summed E-state index contributed by atoms with van der Waals surface area (Å²) in [5, 5.41) is 2.96. The van der Waals surface area contributed by atoms with Crippen LogP contribution in [0.1, 0.15) is 24.5 Å². The van der Waals surface area contributed by atoms with Crippen LogP contribution in [0.2, 0.25) is 0 Å². The highest BCUT2D eigenvalue weighted by atomic mass is 16.2. The summed E-state index contributed by atoms with van der Waals surface area (Å²) in [5.74, 6) is 0.970. The number of benzene rings is 1. The monoisotopic (exact) mass is 218 g/mol. The summed E-state index contributed by atoms with van der Waals surface area (Å²) in [5.41, 5.74) is 8.75.